The minimum Gasteiger partial charge on any atom is -0.250 e. The van der Waals surface area contributed by atoms with Crippen molar-refractivity contribution in [2.75, 3.05) is 0 Å². The van der Waals surface area contributed by atoms with Crippen molar-refractivity contribution < 1.29 is 0 Å². The van der Waals surface area contributed by atoms with E-state index >= 15 is 0 Å². The molecule has 0 saturated heterocycles. The average molecular weight is 562 g/mol. The van der Waals surface area contributed by atoms with Gasteiger partial charge in [-0.05, 0) is 41.0 Å². The second kappa shape index (κ2) is 9.84. The van der Waals surface area contributed by atoms with Gasteiger partial charge in [0.25, 0.3) is 0 Å². The highest BCUT2D eigenvalue weighted by molar-refractivity contribution is 6.08. The van der Waals surface area contributed by atoms with E-state index in [0.717, 1.165) is 66.7 Å². The van der Waals surface area contributed by atoms with Crippen molar-refractivity contribution in [3.8, 4) is 33.6 Å². The first-order chi connectivity index (χ1) is 20.5. The Hall–Kier alpha value is -4.90. The molecule has 0 N–H and O–H groups in total. The summed E-state index contributed by atoms with van der Waals surface area (Å²) >= 11 is 0. The number of aromatic nitrogens is 5. The number of nitrogens with zero attached hydrogens (tertiary/aromatic N) is 5. The van der Waals surface area contributed by atoms with Crippen molar-refractivity contribution in [1.82, 2.24) is 24.6 Å². The van der Waals surface area contributed by atoms with Gasteiger partial charge in [0, 0.05) is 50.3 Å². The standard InChI is InChI=1S/C38H35N5/c1-37(2,3)31-20-17-26-16-19-29-30(22-32(38(4,5)6)40-35(29)34(26)39-31)25-12-14-27(15-13-25)36-41-33-21-18-28(23-43(33)42-36)24-10-8-7-9-11-24/h7-23H,1-6H3. The van der Waals surface area contributed by atoms with E-state index < -0.39 is 0 Å². The van der Waals surface area contributed by atoms with Crippen molar-refractivity contribution in [2.24, 2.45) is 0 Å². The molecule has 0 bridgehead atoms. The molecule has 7 rings (SSSR count). The lowest BCUT2D eigenvalue weighted by atomic mass is 9.87. The van der Waals surface area contributed by atoms with E-state index in [-0.39, 0.29) is 10.8 Å². The van der Waals surface area contributed by atoms with E-state index in [4.69, 9.17) is 20.1 Å². The molecule has 4 aromatic heterocycles. The first kappa shape index (κ1) is 27.0. The molecule has 0 unspecified atom stereocenters. The zero-order chi connectivity index (χ0) is 29.9. The number of hydrogen-bond donors (Lipinski definition) is 0. The lowest BCUT2D eigenvalue weighted by Crippen LogP contribution is -2.15. The summed E-state index contributed by atoms with van der Waals surface area (Å²) in [4.78, 5) is 15.2. The Balaban J connectivity index is 1.33. The fourth-order valence-corrected chi connectivity index (χ4v) is 5.52. The molecule has 5 heteroatoms. The predicted molar refractivity (Wildman–Crippen MR) is 177 cm³/mol. The van der Waals surface area contributed by atoms with Crippen LogP contribution in [0.15, 0.2) is 103 Å². The summed E-state index contributed by atoms with van der Waals surface area (Å²) in [5.41, 5.74) is 10.2. The highest BCUT2D eigenvalue weighted by Crippen LogP contribution is 2.37. The molecule has 3 aromatic carbocycles. The van der Waals surface area contributed by atoms with Gasteiger partial charge in [0.15, 0.2) is 11.5 Å². The Bertz CT molecular complexity index is 2130. The molecular weight excluding hydrogens is 526 g/mol. The summed E-state index contributed by atoms with van der Waals surface area (Å²) in [6, 6.07) is 33.9. The zero-order valence-corrected chi connectivity index (χ0v) is 25.6. The summed E-state index contributed by atoms with van der Waals surface area (Å²) in [5.74, 6) is 0.705. The first-order valence-corrected chi connectivity index (χ1v) is 14.8. The maximum absolute atomic E-state index is 5.22. The topological polar surface area (TPSA) is 56.0 Å². The van der Waals surface area contributed by atoms with Crippen LogP contribution in [-0.4, -0.2) is 24.6 Å². The molecule has 0 amide bonds. The van der Waals surface area contributed by atoms with Gasteiger partial charge in [0.1, 0.15) is 0 Å². The normalized spacial score (nSPS) is 12.4. The van der Waals surface area contributed by atoms with E-state index in [9.17, 15) is 0 Å². The fraction of sp³-hybridized carbons (Fsp3) is 0.211. The summed E-state index contributed by atoms with van der Waals surface area (Å²) in [5, 5.41) is 7.03. The van der Waals surface area contributed by atoms with Gasteiger partial charge >= 0.3 is 0 Å². The van der Waals surface area contributed by atoms with Crippen LogP contribution in [0.4, 0.5) is 0 Å². The third-order valence-electron chi connectivity index (χ3n) is 8.07. The smallest absolute Gasteiger partial charge is 0.182 e. The first-order valence-electron chi connectivity index (χ1n) is 14.8. The number of pyridine rings is 3. The van der Waals surface area contributed by atoms with Crippen LogP contribution in [0.25, 0.3) is 61.1 Å². The minimum absolute atomic E-state index is 0.0499. The van der Waals surface area contributed by atoms with Crippen molar-refractivity contribution >= 4 is 27.5 Å². The molecule has 7 aromatic rings. The summed E-state index contributed by atoms with van der Waals surface area (Å²) < 4.78 is 1.86. The molecule has 0 aliphatic rings. The van der Waals surface area contributed by atoms with E-state index in [1.807, 2.05) is 35.0 Å². The van der Waals surface area contributed by atoms with Gasteiger partial charge in [-0.15, -0.1) is 5.10 Å². The highest BCUT2D eigenvalue weighted by Gasteiger charge is 2.22. The van der Waals surface area contributed by atoms with Crippen LogP contribution in [0.3, 0.4) is 0 Å². The van der Waals surface area contributed by atoms with E-state index in [0.29, 0.717) is 5.82 Å². The van der Waals surface area contributed by atoms with Crippen LogP contribution >= 0.6 is 0 Å². The minimum atomic E-state index is -0.119. The van der Waals surface area contributed by atoms with Crippen LogP contribution in [0.1, 0.15) is 52.9 Å². The number of rotatable bonds is 3. The number of benzene rings is 3. The Kier molecular flexibility index (Phi) is 6.17. The fourth-order valence-electron chi connectivity index (χ4n) is 5.52. The van der Waals surface area contributed by atoms with Gasteiger partial charge in [-0.1, -0.05) is 114 Å². The molecule has 0 saturated carbocycles. The second-order valence-electron chi connectivity index (χ2n) is 13.4. The Morgan fingerprint density at radius 3 is 1.91 bits per heavy atom. The van der Waals surface area contributed by atoms with E-state index in [1.54, 1.807) is 0 Å². The van der Waals surface area contributed by atoms with E-state index in [2.05, 4.69) is 114 Å². The van der Waals surface area contributed by atoms with Crippen molar-refractivity contribution in [1.29, 1.82) is 0 Å². The highest BCUT2D eigenvalue weighted by atomic mass is 15.3. The van der Waals surface area contributed by atoms with Crippen molar-refractivity contribution in [3.63, 3.8) is 0 Å². The number of hydrogen-bond acceptors (Lipinski definition) is 4. The Morgan fingerprint density at radius 1 is 0.535 bits per heavy atom. The molecule has 0 radical (unpaired) electrons. The van der Waals surface area contributed by atoms with Gasteiger partial charge in [0.05, 0.1) is 11.0 Å². The van der Waals surface area contributed by atoms with Gasteiger partial charge in [0.2, 0.25) is 0 Å². The third kappa shape index (κ3) is 4.95. The summed E-state index contributed by atoms with van der Waals surface area (Å²) in [6.45, 7) is 13.2. The monoisotopic (exact) mass is 561 g/mol. The quantitative estimate of drug-likeness (QED) is 0.202. The summed E-state index contributed by atoms with van der Waals surface area (Å²) in [6.07, 6.45) is 2.04. The molecule has 0 spiro atoms. The van der Waals surface area contributed by atoms with Crippen LogP contribution in [0.2, 0.25) is 0 Å². The molecule has 5 nitrogen and oxygen atoms in total. The number of fused-ring (bicyclic) bond motifs is 4. The molecule has 0 fully saturated rings. The van der Waals surface area contributed by atoms with Crippen LogP contribution < -0.4 is 0 Å². The molecular formula is C38H35N5. The maximum atomic E-state index is 5.22. The second-order valence-corrected chi connectivity index (χ2v) is 13.4. The molecule has 0 aliphatic carbocycles. The zero-order valence-electron chi connectivity index (χ0n) is 25.6. The van der Waals surface area contributed by atoms with Gasteiger partial charge < -0.3 is 0 Å². The molecule has 0 aliphatic heterocycles. The van der Waals surface area contributed by atoms with Gasteiger partial charge in [-0.2, -0.15) is 0 Å². The lowest BCUT2D eigenvalue weighted by Gasteiger charge is -2.22. The SMILES string of the molecule is CC(C)(C)c1ccc2ccc3c(-c4ccc(-c5nc6ccc(-c7ccccc7)cn6n5)cc4)cc(C(C)(C)C)nc3c2n1. The molecule has 43 heavy (non-hydrogen) atoms. The third-order valence-corrected chi connectivity index (χ3v) is 8.07. The lowest BCUT2D eigenvalue weighted by molar-refractivity contribution is 0.570. The molecule has 4 heterocycles. The van der Waals surface area contributed by atoms with Crippen LogP contribution in [0.5, 0.6) is 0 Å². The largest absolute Gasteiger partial charge is 0.250 e. The van der Waals surface area contributed by atoms with Crippen LogP contribution in [0, 0.1) is 0 Å². The Morgan fingerprint density at radius 2 is 1.19 bits per heavy atom. The van der Waals surface area contributed by atoms with Crippen LogP contribution in [-0.2, 0) is 10.8 Å². The van der Waals surface area contributed by atoms with Gasteiger partial charge in [-0.25, -0.2) is 19.5 Å². The van der Waals surface area contributed by atoms with E-state index in [1.165, 1.54) is 0 Å². The maximum Gasteiger partial charge on any atom is 0.182 e. The predicted octanol–water partition coefficient (Wildman–Crippen LogP) is 9.42. The van der Waals surface area contributed by atoms with Gasteiger partial charge in [-0.3, -0.25) is 0 Å². The van der Waals surface area contributed by atoms with Crippen molar-refractivity contribution in [2.45, 2.75) is 52.4 Å². The average Bonchev–Trinajstić information content (AvgIpc) is 3.43. The summed E-state index contributed by atoms with van der Waals surface area (Å²) in [7, 11) is 0. The van der Waals surface area contributed by atoms with Crippen molar-refractivity contribution in [3.05, 3.63) is 115 Å². The molecule has 212 valence electrons. The Labute approximate surface area is 252 Å². The molecule has 0 atom stereocenters.